The van der Waals surface area contributed by atoms with Crippen molar-refractivity contribution in [3.8, 4) is 0 Å². The highest BCUT2D eigenvalue weighted by atomic mass is 32.1. The van der Waals surface area contributed by atoms with Gasteiger partial charge < -0.3 is 15.5 Å². The Labute approximate surface area is 91.1 Å². The average Bonchev–Trinajstić information content (AvgIpc) is 2.51. The quantitative estimate of drug-likeness (QED) is 0.652. The third-order valence-electron chi connectivity index (χ3n) is 1.92. The standard InChI is InChI=1S/C8H12NO4PS/c1-5(10)8(9)3-7-2-6(4-15-7)14(11,12)13/h2,4,8H,3,9H2,1H3,(H2,11,12,13). The molecule has 0 saturated heterocycles. The van der Waals surface area contributed by atoms with E-state index in [1.54, 1.807) is 0 Å². The minimum atomic E-state index is -4.18. The van der Waals surface area contributed by atoms with Crippen molar-refractivity contribution in [2.45, 2.75) is 19.4 Å². The van der Waals surface area contributed by atoms with Gasteiger partial charge in [0.2, 0.25) is 0 Å². The lowest BCUT2D eigenvalue weighted by molar-refractivity contribution is -0.118. The van der Waals surface area contributed by atoms with Crippen LogP contribution in [0.1, 0.15) is 11.8 Å². The van der Waals surface area contributed by atoms with Gasteiger partial charge in [0.15, 0.2) is 0 Å². The number of Topliss-reactive ketones (excluding diaryl/α,β-unsaturated/α-hetero) is 1. The number of hydrogen-bond donors (Lipinski definition) is 3. The molecule has 0 aliphatic rings. The Morgan fingerprint density at radius 3 is 2.67 bits per heavy atom. The topological polar surface area (TPSA) is 101 Å². The number of carbonyl (C=O) groups excluding carboxylic acids is 1. The fourth-order valence-corrected chi connectivity index (χ4v) is 2.92. The van der Waals surface area contributed by atoms with E-state index >= 15 is 0 Å². The number of carbonyl (C=O) groups is 1. The Bertz CT molecular complexity index is 411. The predicted octanol–water partition coefficient (Wildman–Crippen LogP) is 0.00990. The molecule has 0 amide bonds. The first kappa shape index (κ1) is 12.5. The maximum Gasteiger partial charge on any atom is 0.357 e. The number of ketones is 1. The highest BCUT2D eigenvalue weighted by Gasteiger charge is 2.20. The van der Waals surface area contributed by atoms with Crippen LogP contribution >= 0.6 is 18.9 Å². The molecule has 1 aromatic rings. The second-order valence-corrected chi connectivity index (χ2v) is 5.84. The third-order valence-corrected chi connectivity index (χ3v) is 3.98. The van der Waals surface area contributed by atoms with Crippen LogP contribution in [0.2, 0.25) is 0 Å². The van der Waals surface area contributed by atoms with Crippen molar-refractivity contribution in [2.75, 3.05) is 0 Å². The lowest BCUT2D eigenvalue weighted by Crippen LogP contribution is -2.30. The van der Waals surface area contributed by atoms with E-state index in [0.717, 1.165) is 0 Å². The Kier molecular flexibility index (Phi) is 3.81. The van der Waals surface area contributed by atoms with Crippen molar-refractivity contribution < 1.29 is 19.1 Å². The van der Waals surface area contributed by atoms with Gasteiger partial charge >= 0.3 is 7.60 Å². The predicted molar refractivity (Wildman–Crippen MR) is 58.4 cm³/mol. The van der Waals surface area contributed by atoms with Crippen molar-refractivity contribution in [3.63, 3.8) is 0 Å². The molecule has 0 fully saturated rings. The molecule has 1 unspecified atom stereocenters. The van der Waals surface area contributed by atoms with Crippen molar-refractivity contribution >= 4 is 30.0 Å². The molecule has 1 atom stereocenters. The molecule has 0 aliphatic heterocycles. The summed E-state index contributed by atoms with van der Waals surface area (Å²) in [5, 5.41) is 1.38. The third kappa shape index (κ3) is 3.52. The van der Waals surface area contributed by atoms with Crippen LogP contribution in [0.5, 0.6) is 0 Å². The van der Waals surface area contributed by atoms with Crippen LogP contribution in [0, 0.1) is 0 Å². The molecule has 4 N–H and O–H groups in total. The summed E-state index contributed by atoms with van der Waals surface area (Å²) in [7, 11) is -4.18. The summed E-state index contributed by atoms with van der Waals surface area (Å²) in [6.07, 6.45) is 0.319. The molecule has 0 bridgehead atoms. The zero-order valence-electron chi connectivity index (χ0n) is 8.08. The van der Waals surface area contributed by atoms with E-state index in [4.69, 9.17) is 15.5 Å². The lowest BCUT2D eigenvalue weighted by Gasteiger charge is -2.04. The highest BCUT2D eigenvalue weighted by Crippen LogP contribution is 2.35. The first-order valence-corrected chi connectivity index (χ1v) is 6.69. The Morgan fingerprint density at radius 2 is 2.27 bits per heavy atom. The van der Waals surface area contributed by atoms with E-state index in [9.17, 15) is 9.36 Å². The molecule has 7 heteroatoms. The minimum absolute atomic E-state index is 0.0155. The molecular weight excluding hydrogens is 237 g/mol. The van der Waals surface area contributed by atoms with E-state index in [2.05, 4.69) is 0 Å². The molecule has 5 nitrogen and oxygen atoms in total. The first-order valence-electron chi connectivity index (χ1n) is 4.20. The Morgan fingerprint density at radius 1 is 1.67 bits per heavy atom. The summed E-state index contributed by atoms with van der Waals surface area (Å²) in [5.41, 5.74) is 5.53. The number of nitrogens with two attached hydrogens (primary N) is 1. The van der Waals surface area contributed by atoms with Gasteiger partial charge in [-0.1, -0.05) is 0 Å². The molecule has 0 spiro atoms. The van der Waals surface area contributed by atoms with Gasteiger partial charge in [0.05, 0.1) is 11.3 Å². The zero-order chi connectivity index (χ0) is 11.6. The minimum Gasteiger partial charge on any atom is -0.321 e. The largest absolute Gasteiger partial charge is 0.357 e. The van der Waals surface area contributed by atoms with Gasteiger partial charge in [-0.05, 0) is 13.0 Å². The smallest absolute Gasteiger partial charge is 0.321 e. The zero-order valence-corrected chi connectivity index (χ0v) is 9.79. The molecule has 1 aromatic heterocycles. The van der Waals surface area contributed by atoms with E-state index in [1.165, 1.54) is 29.7 Å². The van der Waals surface area contributed by atoms with E-state index in [1.807, 2.05) is 0 Å². The normalized spacial score (nSPS) is 13.9. The maximum absolute atomic E-state index is 10.9. The molecule has 0 aromatic carbocycles. The monoisotopic (exact) mass is 249 g/mol. The van der Waals surface area contributed by atoms with Crippen molar-refractivity contribution in [2.24, 2.45) is 5.73 Å². The second-order valence-electron chi connectivity index (χ2n) is 3.24. The van der Waals surface area contributed by atoms with Crippen LogP contribution in [0.15, 0.2) is 11.4 Å². The molecule has 15 heavy (non-hydrogen) atoms. The van der Waals surface area contributed by atoms with Gasteiger partial charge in [0.1, 0.15) is 5.78 Å². The Balaban J connectivity index is 2.78. The van der Waals surface area contributed by atoms with E-state index in [-0.39, 0.29) is 11.1 Å². The van der Waals surface area contributed by atoms with Gasteiger partial charge in [-0.3, -0.25) is 9.36 Å². The van der Waals surface area contributed by atoms with Gasteiger partial charge in [-0.2, -0.15) is 0 Å². The summed E-state index contributed by atoms with van der Waals surface area (Å²) >= 11 is 1.20. The summed E-state index contributed by atoms with van der Waals surface area (Å²) in [4.78, 5) is 29.3. The van der Waals surface area contributed by atoms with Gasteiger partial charge in [0.25, 0.3) is 0 Å². The van der Waals surface area contributed by atoms with Crippen LogP contribution < -0.4 is 11.0 Å². The van der Waals surface area contributed by atoms with E-state index < -0.39 is 13.6 Å². The molecule has 0 aliphatic carbocycles. The van der Waals surface area contributed by atoms with Crippen LogP contribution in [0.3, 0.4) is 0 Å². The van der Waals surface area contributed by atoms with Gasteiger partial charge in [0, 0.05) is 16.7 Å². The second kappa shape index (κ2) is 4.55. The van der Waals surface area contributed by atoms with Crippen molar-refractivity contribution in [1.82, 2.24) is 0 Å². The number of rotatable bonds is 4. The molecule has 1 heterocycles. The lowest BCUT2D eigenvalue weighted by atomic mass is 10.1. The number of hydrogen-bond acceptors (Lipinski definition) is 4. The summed E-state index contributed by atoms with van der Waals surface area (Å²) in [6, 6.07) is 0.794. The molecule has 0 saturated carbocycles. The average molecular weight is 249 g/mol. The maximum atomic E-state index is 10.9. The number of thiophene rings is 1. The molecular formula is C8H12NO4PS. The fraction of sp³-hybridized carbons (Fsp3) is 0.375. The molecule has 84 valence electrons. The fourth-order valence-electron chi connectivity index (χ4n) is 0.989. The summed E-state index contributed by atoms with van der Waals surface area (Å²) < 4.78 is 10.9. The van der Waals surface area contributed by atoms with Crippen LogP contribution in [0.4, 0.5) is 0 Å². The first-order chi connectivity index (χ1) is 6.80. The summed E-state index contributed by atoms with van der Waals surface area (Å²) in [5.74, 6) is -0.138. The summed E-state index contributed by atoms with van der Waals surface area (Å²) in [6.45, 7) is 1.39. The molecule has 1 rings (SSSR count). The van der Waals surface area contributed by atoms with Crippen molar-refractivity contribution in [1.29, 1.82) is 0 Å². The molecule has 0 radical (unpaired) electrons. The van der Waals surface area contributed by atoms with Crippen LogP contribution in [-0.4, -0.2) is 21.6 Å². The van der Waals surface area contributed by atoms with E-state index in [0.29, 0.717) is 11.3 Å². The van der Waals surface area contributed by atoms with Crippen LogP contribution in [-0.2, 0) is 15.8 Å². The van der Waals surface area contributed by atoms with Crippen LogP contribution in [0.25, 0.3) is 0 Å². The van der Waals surface area contributed by atoms with Gasteiger partial charge in [-0.15, -0.1) is 11.3 Å². The Hall–Kier alpha value is -0.520. The SMILES string of the molecule is CC(=O)C(N)Cc1cc(P(=O)(O)O)cs1. The highest BCUT2D eigenvalue weighted by molar-refractivity contribution is 7.60. The van der Waals surface area contributed by atoms with Crippen molar-refractivity contribution in [3.05, 3.63) is 16.3 Å². The van der Waals surface area contributed by atoms with Gasteiger partial charge in [-0.25, -0.2) is 0 Å².